The van der Waals surface area contributed by atoms with Gasteiger partial charge in [-0.25, -0.2) is 0 Å². The molecule has 0 bridgehead atoms. The lowest BCUT2D eigenvalue weighted by atomic mass is 10.0. The van der Waals surface area contributed by atoms with Gasteiger partial charge in [0, 0.05) is 18.0 Å². The summed E-state index contributed by atoms with van der Waals surface area (Å²) in [6.07, 6.45) is 0.934. The van der Waals surface area contributed by atoms with Gasteiger partial charge >= 0.3 is 5.97 Å². The molecule has 0 spiro atoms. The standard InChI is InChI=1S/C19H19NO5/c21-18(22)9-7-15(10-13-4-2-1-3-5-13)20-19(23)14-6-8-16-17(11-14)25-12-24-16/h1-6,8,11,15H,7,9-10,12H2,(H,20,23)(H,21,22). The molecule has 1 aliphatic heterocycles. The molecule has 1 amide bonds. The van der Waals surface area contributed by atoms with E-state index in [0.717, 1.165) is 5.56 Å². The topological polar surface area (TPSA) is 84.9 Å². The molecule has 1 aliphatic rings. The van der Waals surface area contributed by atoms with Crippen molar-refractivity contribution in [2.75, 3.05) is 6.79 Å². The zero-order valence-corrected chi connectivity index (χ0v) is 13.6. The number of amides is 1. The maximum Gasteiger partial charge on any atom is 0.303 e. The fourth-order valence-corrected chi connectivity index (χ4v) is 2.73. The third-order valence-electron chi connectivity index (χ3n) is 4.00. The van der Waals surface area contributed by atoms with E-state index < -0.39 is 5.97 Å². The Kier molecular flexibility index (Phi) is 5.18. The second-order valence-electron chi connectivity index (χ2n) is 5.86. The third kappa shape index (κ3) is 4.50. The maximum absolute atomic E-state index is 12.5. The van der Waals surface area contributed by atoms with Gasteiger partial charge in [0.05, 0.1) is 0 Å². The van der Waals surface area contributed by atoms with Crippen molar-refractivity contribution >= 4 is 11.9 Å². The van der Waals surface area contributed by atoms with E-state index >= 15 is 0 Å². The molecule has 0 saturated carbocycles. The molecule has 1 unspecified atom stereocenters. The molecule has 3 rings (SSSR count). The normalized spacial score (nSPS) is 13.3. The van der Waals surface area contributed by atoms with Crippen LogP contribution in [0.15, 0.2) is 48.5 Å². The zero-order chi connectivity index (χ0) is 17.6. The van der Waals surface area contributed by atoms with Crippen molar-refractivity contribution in [1.29, 1.82) is 0 Å². The zero-order valence-electron chi connectivity index (χ0n) is 13.6. The van der Waals surface area contributed by atoms with E-state index in [0.29, 0.717) is 29.9 Å². The first kappa shape index (κ1) is 16.8. The number of hydrogen-bond donors (Lipinski definition) is 2. The van der Waals surface area contributed by atoms with Gasteiger partial charge in [-0.15, -0.1) is 0 Å². The first-order valence-electron chi connectivity index (χ1n) is 8.08. The van der Waals surface area contributed by atoms with Crippen LogP contribution in [0.1, 0.15) is 28.8 Å². The Bertz CT molecular complexity index is 760. The first-order valence-corrected chi connectivity index (χ1v) is 8.08. The van der Waals surface area contributed by atoms with E-state index in [-0.39, 0.29) is 25.2 Å². The molecular formula is C19H19NO5. The average Bonchev–Trinajstić information content (AvgIpc) is 3.08. The molecule has 6 nitrogen and oxygen atoms in total. The van der Waals surface area contributed by atoms with Gasteiger partial charge in [0.25, 0.3) is 5.91 Å². The quantitative estimate of drug-likeness (QED) is 0.809. The van der Waals surface area contributed by atoms with Gasteiger partial charge in [0.15, 0.2) is 11.5 Å². The lowest BCUT2D eigenvalue weighted by Gasteiger charge is -2.18. The summed E-state index contributed by atoms with van der Waals surface area (Å²) in [6, 6.07) is 14.4. The molecule has 0 aromatic heterocycles. The smallest absolute Gasteiger partial charge is 0.303 e. The van der Waals surface area contributed by atoms with Crippen molar-refractivity contribution in [3.05, 3.63) is 59.7 Å². The van der Waals surface area contributed by atoms with Crippen molar-refractivity contribution in [1.82, 2.24) is 5.32 Å². The second kappa shape index (κ2) is 7.70. The fraction of sp³-hybridized carbons (Fsp3) is 0.263. The number of carbonyl (C=O) groups excluding carboxylic acids is 1. The Morgan fingerprint density at radius 3 is 2.60 bits per heavy atom. The van der Waals surface area contributed by atoms with Gasteiger partial charge in [-0.3, -0.25) is 9.59 Å². The molecule has 2 aromatic carbocycles. The van der Waals surface area contributed by atoms with E-state index in [4.69, 9.17) is 14.6 Å². The van der Waals surface area contributed by atoms with Crippen LogP contribution in [0.4, 0.5) is 0 Å². The Morgan fingerprint density at radius 1 is 1.08 bits per heavy atom. The number of aliphatic carboxylic acids is 1. The summed E-state index contributed by atoms with van der Waals surface area (Å²) in [5.74, 6) is 0.0149. The predicted octanol–water partition coefficient (Wildman–Crippen LogP) is 2.62. The van der Waals surface area contributed by atoms with Gasteiger partial charge in [0.1, 0.15) is 0 Å². The Balaban J connectivity index is 1.69. The number of carboxylic acid groups (broad SMARTS) is 1. The SMILES string of the molecule is O=C(O)CCC(Cc1ccccc1)NC(=O)c1ccc2c(c1)OCO2. The fourth-order valence-electron chi connectivity index (χ4n) is 2.73. The molecule has 6 heteroatoms. The van der Waals surface area contributed by atoms with Crippen LogP contribution < -0.4 is 14.8 Å². The number of carbonyl (C=O) groups is 2. The summed E-state index contributed by atoms with van der Waals surface area (Å²) in [6.45, 7) is 0.148. The first-order chi connectivity index (χ1) is 12.1. The van der Waals surface area contributed by atoms with Crippen LogP contribution in [0.2, 0.25) is 0 Å². The maximum atomic E-state index is 12.5. The lowest BCUT2D eigenvalue weighted by Crippen LogP contribution is -2.36. The summed E-state index contributed by atoms with van der Waals surface area (Å²) in [4.78, 5) is 23.4. The highest BCUT2D eigenvalue weighted by molar-refractivity contribution is 5.95. The summed E-state index contributed by atoms with van der Waals surface area (Å²) >= 11 is 0. The largest absolute Gasteiger partial charge is 0.481 e. The van der Waals surface area contributed by atoms with Gasteiger partial charge in [-0.05, 0) is 36.6 Å². The van der Waals surface area contributed by atoms with E-state index in [1.165, 1.54) is 0 Å². The van der Waals surface area contributed by atoms with Crippen LogP contribution in [0.3, 0.4) is 0 Å². The molecule has 2 aromatic rings. The Labute approximate surface area is 145 Å². The Hall–Kier alpha value is -3.02. The molecular weight excluding hydrogens is 322 g/mol. The molecule has 2 N–H and O–H groups in total. The van der Waals surface area contributed by atoms with E-state index in [9.17, 15) is 9.59 Å². The van der Waals surface area contributed by atoms with Gasteiger partial charge < -0.3 is 19.9 Å². The number of ether oxygens (including phenoxy) is 2. The van der Waals surface area contributed by atoms with Crippen molar-refractivity contribution < 1.29 is 24.2 Å². The van der Waals surface area contributed by atoms with Crippen LogP contribution in [-0.2, 0) is 11.2 Å². The molecule has 0 radical (unpaired) electrons. The summed E-state index contributed by atoms with van der Waals surface area (Å²) < 4.78 is 10.5. The van der Waals surface area contributed by atoms with Crippen LogP contribution >= 0.6 is 0 Å². The highest BCUT2D eigenvalue weighted by Gasteiger charge is 2.19. The highest BCUT2D eigenvalue weighted by atomic mass is 16.7. The number of fused-ring (bicyclic) bond motifs is 1. The summed E-state index contributed by atoms with van der Waals surface area (Å²) in [5.41, 5.74) is 1.50. The van der Waals surface area contributed by atoms with Crippen molar-refractivity contribution in [2.24, 2.45) is 0 Å². The molecule has 0 saturated heterocycles. The minimum Gasteiger partial charge on any atom is -0.481 e. The molecule has 1 atom stereocenters. The molecule has 25 heavy (non-hydrogen) atoms. The monoisotopic (exact) mass is 341 g/mol. The van der Waals surface area contributed by atoms with E-state index in [1.54, 1.807) is 18.2 Å². The molecule has 1 heterocycles. The Morgan fingerprint density at radius 2 is 1.84 bits per heavy atom. The number of nitrogens with one attached hydrogen (secondary N) is 1. The number of rotatable bonds is 7. The van der Waals surface area contributed by atoms with Gasteiger partial charge in [-0.2, -0.15) is 0 Å². The average molecular weight is 341 g/mol. The minimum absolute atomic E-state index is 0.00107. The third-order valence-corrected chi connectivity index (χ3v) is 4.00. The highest BCUT2D eigenvalue weighted by Crippen LogP contribution is 2.32. The van der Waals surface area contributed by atoms with Crippen LogP contribution in [0.25, 0.3) is 0 Å². The molecule has 0 fully saturated rings. The summed E-state index contributed by atoms with van der Waals surface area (Å²) in [5, 5.41) is 11.9. The van der Waals surface area contributed by atoms with Gasteiger partial charge in [0.2, 0.25) is 6.79 Å². The van der Waals surface area contributed by atoms with Crippen LogP contribution in [0, 0.1) is 0 Å². The number of hydrogen-bond acceptors (Lipinski definition) is 4. The second-order valence-corrected chi connectivity index (χ2v) is 5.86. The van der Waals surface area contributed by atoms with Crippen molar-refractivity contribution in [3.8, 4) is 11.5 Å². The molecule has 0 aliphatic carbocycles. The minimum atomic E-state index is -0.879. The number of benzene rings is 2. The van der Waals surface area contributed by atoms with Crippen molar-refractivity contribution in [3.63, 3.8) is 0 Å². The van der Waals surface area contributed by atoms with Crippen LogP contribution in [0.5, 0.6) is 11.5 Å². The number of carboxylic acids is 1. The molecule has 130 valence electrons. The van der Waals surface area contributed by atoms with Crippen molar-refractivity contribution in [2.45, 2.75) is 25.3 Å². The summed E-state index contributed by atoms with van der Waals surface area (Å²) in [7, 11) is 0. The predicted molar refractivity (Wildman–Crippen MR) is 90.8 cm³/mol. The van der Waals surface area contributed by atoms with Crippen LogP contribution in [-0.4, -0.2) is 29.8 Å². The van der Waals surface area contributed by atoms with E-state index in [1.807, 2.05) is 30.3 Å². The van der Waals surface area contributed by atoms with Gasteiger partial charge in [-0.1, -0.05) is 30.3 Å². The van der Waals surface area contributed by atoms with E-state index in [2.05, 4.69) is 5.32 Å². The lowest BCUT2D eigenvalue weighted by molar-refractivity contribution is -0.137.